The summed E-state index contributed by atoms with van der Waals surface area (Å²) in [5.41, 5.74) is 0.389. The molecule has 0 aliphatic rings. The molecule has 0 aromatic carbocycles. The van der Waals surface area contributed by atoms with Crippen molar-refractivity contribution in [1.82, 2.24) is 9.97 Å². The van der Waals surface area contributed by atoms with Gasteiger partial charge >= 0.3 is 11.8 Å². The molecule has 0 saturated carbocycles. The van der Waals surface area contributed by atoms with Crippen LogP contribution in [0.1, 0.15) is 15.5 Å². The highest BCUT2D eigenvalue weighted by Crippen LogP contribution is 2.24. The van der Waals surface area contributed by atoms with Gasteiger partial charge in [-0.05, 0) is 22.0 Å². The molecular formula is C10H7N3O5S. The third-order valence-corrected chi connectivity index (χ3v) is 2.91. The van der Waals surface area contributed by atoms with Crippen molar-refractivity contribution in [3.05, 3.63) is 44.5 Å². The van der Waals surface area contributed by atoms with Crippen LogP contribution >= 0.6 is 11.3 Å². The lowest BCUT2D eigenvalue weighted by molar-refractivity contribution is -0.390. The molecule has 0 saturated heterocycles. The third-order valence-electron chi connectivity index (χ3n) is 2.03. The van der Waals surface area contributed by atoms with Crippen molar-refractivity contribution < 1.29 is 19.6 Å². The number of carbonyl (C=O) groups is 1. The first-order chi connectivity index (χ1) is 9.08. The molecule has 0 bridgehead atoms. The summed E-state index contributed by atoms with van der Waals surface area (Å²) in [5.74, 6) is -1.50. The van der Waals surface area contributed by atoms with E-state index in [1.54, 1.807) is 0 Å². The molecule has 0 fully saturated rings. The van der Waals surface area contributed by atoms with Crippen LogP contribution in [0.5, 0.6) is 5.75 Å². The van der Waals surface area contributed by atoms with Gasteiger partial charge in [0.05, 0.1) is 5.69 Å². The summed E-state index contributed by atoms with van der Waals surface area (Å²) in [7, 11) is 0. The van der Waals surface area contributed by atoms with Gasteiger partial charge in [0.1, 0.15) is 12.8 Å². The molecule has 0 spiro atoms. The fourth-order valence-corrected chi connectivity index (χ4v) is 1.89. The summed E-state index contributed by atoms with van der Waals surface area (Å²) in [6.45, 7) is -0.0592. The smallest absolute Gasteiger partial charge is 0.406 e. The van der Waals surface area contributed by atoms with Crippen LogP contribution in [0.4, 0.5) is 5.82 Å². The number of aromatic nitrogens is 2. The Morgan fingerprint density at radius 3 is 3.00 bits per heavy atom. The minimum atomic E-state index is -1.12. The van der Waals surface area contributed by atoms with Gasteiger partial charge in [-0.2, -0.15) is 0 Å². The predicted octanol–water partition coefficient (Wildman–Crippen LogP) is 1.72. The zero-order chi connectivity index (χ0) is 13.8. The first-order valence-corrected chi connectivity index (χ1v) is 5.86. The van der Waals surface area contributed by atoms with Crippen molar-refractivity contribution in [2.75, 3.05) is 0 Å². The highest BCUT2D eigenvalue weighted by Gasteiger charge is 2.16. The number of carboxylic acid groups (broad SMARTS) is 1. The van der Waals surface area contributed by atoms with Gasteiger partial charge in [-0.15, -0.1) is 11.3 Å². The van der Waals surface area contributed by atoms with Crippen molar-refractivity contribution >= 4 is 23.1 Å². The number of aromatic carboxylic acids is 1. The van der Waals surface area contributed by atoms with Gasteiger partial charge in [0.25, 0.3) is 0 Å². The quantitative estimate of drug-likeness (QED) is 0.655. The molecule has 0 radical (unpaired) electrons. The standard InChI is InChI=1S/C10H7N3O5S/c14-10(15)9-12-6(5-19-9)4-18-7-2-1-3-11-8(7)13(16)17/h1-3,5H,4H2,(H,14,15). The van der Waals surface area contributed by atoms with Gasteiger partial charge in [-0.25, -0.2) is 9.78 Å². The first kappa shape index (κ1) is 12.9. The van der Waals surface area contributed by atoms with Crippen LogP contribution in [0.2, 0.25) is 0 Å². The number of thiazole rings is 1. The maximum absolute atomic E-state index is 10.7. The lowest BCUT2D eigenvalue weighted by Crippen LogP contribution is -2.02. The largest absolute Gasteiger partial charge is 0.479 e. The molecule has 0 aliphatic heterocycles. The molecule has 2 aromatic rings. The van der Waals surface area contributed by atoms with Gasteiger partial charge in [0.15, 0.2) is 0 Å². The van der Waals surface area contributed by atoms with Crippen LogP contribution in [0, 0.1) is 10.1 Å². The summed E-state index contributed by atoms with van der Waals surface area (Å²) in [5, 5.41) is 20.9. The Labute approximate surface area is 110 Å². The summed E-state index contributed by atoms with van der Waals surface area (Å²) in [4.78, 5) is 28.1. The average Bonchev–Trinajstić information content (AvgIpc) is 2.85. The lowest BCUT2D eigenvalue weighted by Gasteiger charge is -2.03. The van der Waals surface area contributed by atoms with Crippen LogP contribution in [0.15, 0.2) is 23.7 Å². The second-order valence-electron chi connectivity index (χ2n) is 3.32. The number of hydrogen-bond acceptors (Lipinski definition) is 7. The van der Waals surface area contributed by atoms with Crippen molar-refractivity contribution in [3.63, 3.8) is 0 Å². The molecule has 2 rings (SSSR count). The molecule has 2 aromatic heterocycles. The Morgan fingerprint density at radius 2 is 2.37 bits per heavy atom. The topological polar surface area (TPSA) is 115 Å². The van der Waals surface area contributed by atoms with Crippen LogP contribution in [0.3, 0.4) is 0 Å². The Kier molecular flexibility index (Phi) is 3.66. The van der Waals surface area contributed by atoms with E-state index in [9.17, 15) is 14.9 Å². The van der Waals surface area contributed by atoms with Gasteiger partial charge in [0.2, 0.25) is 10.8 Å². The molecule has 1 N–H and O–H groups in total. The molecule has 0 aliphatic carbocycles. The van der Waals surface area contributed by atoms with E-state index in [1.165, 1.54) is 23.7 Å². The molecule has 0 amide bonds. The molecular weight excluding hydrogens is 274 g/mol. The van der Waals surface area contributed by atoms with Crippen LogP contribution < -0.4 is 4.74 Å². The lowest BCUT2D eigenvalue weighted by atomic mass is 10.4. The SMILES string of the molecule is O=C(O)c1nc(COc2cccnc2[N+](=O)[O-])cs1. The number of carboxylic acids is 1. The Morgan fingerprint density at radius 1 is 1.58 bits per heavy atom. The maximum Gasteiger partial charge on any atom is 0.406 e. The maximum atomic E-state index is 10.7. The Bertz CT molecular complexity index is 627. The highest BCUT2D eigenvalue weighted by molar-refractivity contribution is 7.11. The Balaban J connectivity index is 2.10. The predicted molar refractivity (Wildman–Crippen MR) is 64.3 cm³/mol. The van der Waals surface area contributed by atoms with Gasteiger partial charge in [-0.3, -0.25) is 0 Å². The second-order valence-corrected chi connectivity index (χ2v) is 4.18. The van der Waals surface area contributed by atoms with E-state index >= 15 is 0 Å². The van der Waals surface area contributed by atoms with E-state index in [0.717, 1.165) is 11.3 Å². The molecule has 19 heavy (non-hydrogen) atoms. The number of ether oxygens (including phenoxy) is 1. The molecule has 2 heterocycles. The van der Waals surface area contributed by atoms with Crippen molar-refractivity contribution in [3.8, 4) is 5.75 Å². The van der Waals surface area contributed by atoms with Gasteiger partial charge < -0.3 is 20.0 Å². The molecule has 0 atom stereocenters. The van der Waals surface area contributed by atoms with E-state index < -0.39 is 16.7 Å². The van der Waals surface area contributed by atoms with Crippen molar-refractivity contribution in [2.24, 2.45) is 0 Å². The highest BCUT2D eigenvalue weighted by atomic mass is 32.1. The zero-order valence-corrected chi connectivity index (χ0v) is 10.2. The number of nitro groups is 1. The van der Waals surface area contributed by atoms with Crippen LogP contribution in [-0.2, 0) is 6.61 Å². The van der Waals surface area contributed by atoms with E-state index in [0.29, 0.717) is 5.69 Å². The van der Waals surface area contributed by atoms with Crippen LogP contribution in [-0.4, -0.2) is 26.0 Å². The number of rotatable bonds is 5. The van der Waals surface area contributed by atoms with Gasteiger partial charge in [0, 0.05) is 5.38 Å². The summed E-state index contributed by atoms with van der Waals surface area (Å²) < 4.78 is 5.22. The number of nitrogens with zero attached hydrogens (tertiary/aromatic N) is 3. The number of hydrogen-bond donors (Lipinski definition) is 1. The Hall–Kier alpha value is -2.55. The summed E-state index contributed by atoms with van der Waals surface area (Å²) >= 11 is 0.963. The minimum Gasteiger partial charge on any atom is -0.479 e. The normalized spacial score (nSPS) is 10.1. The van der Waals surface area contributed by atoms with Crippen LogP contribution in [0.25, 0.3) is 0 Å². The van der Waals surface area contributed by atoms with Crippen molar-refractivity contribution in [2.45, 2.75) is 6.61 Å². The molecule has 9 heteroatoms. The average molecular weight is 281 g/mol. The zero-order valence-electron chi connectivity index (χ0n) is 9.35. The monoisotopic (exact) mass is 281 g/mol. The molecule has 8 nitrogen and oxygen atoms in total. The van der Waals surface area contributed by atoms with Gasteiger partial charge in [-0.1, -0.05) is 0 Å². The van der Waals surface area contributed by atoms with E-state index in [1.807, 2.05) is 0 Å². The van der Waals surface area contributed by atoms with E-state index in [-0.39, 0.29) is 17.4 Å². The summed E-state index contributed by atoms with van der Waals surface area (Å²) in [6.07, 6.45) is 1.29. The third kappa shape index (κ3) is 3.01. The molecule has 98 valence electrons. The second kappa shape index (κ2) is 5.40. The van der Waals surface area contributed by atoms with E-state index in [2.05, 4.69) is 9.97 Å². The summed E-state index contributed by atoms with van der Waals surface area (Å²) in [6, 6.07) is 2.92. The van der Waals surface area contributed by atoms with E-state index in [4.69, 9.17) is 9.84 Å². The van der Waals surface area contributed by atoms with Crippen molar-refractivity contribution in [1.29, 1.82) is 0 Å². The minimum absolute atomic E-state index is 0.0115. The fourth-order valence-electron chi connectivity index (χ4n) is 1.26. The number of pyridine rings is 1. The molecule has 0 unspecified atom stereocenters. The first-order valence-electron chi connectivity index (χ1n) is 4.98. The fraction of sp³-hybridized carbons (Fsp3) is 0.100.